The zero-order chi connectivity index (χ0) is 18.5. The Hall–Kier alpha value is -2.08. The number of piperazine rings is 1. The van der Waals surface area contributed by atoms with Gasteiger partial charge < -0.3 is 14.7 Å². The van der Waals surface area contributed by atoms with E-state index in [-0.39, 0.29) is 25.2 Å². The van der Waals surface area contributed by atoms with Gasteiger partial charge in [-0.25, -0.2) is 0 Å². The van der Waals surface area contributed by atoms with Gasteiger partial charge in [-0.1, -0.05) is 29.8 Å². The van der Waals surface area contributed by atoms with Gasteiger partial charge in [0.25, 0.3) is 0 Å². The highest BCUT2D eigenvalue weighted by atomic mass is 35.5. The van der Waals surface area contributed by atoms with E-state index in [2.05, 4.69) is 11.8 Å². The molecular formula is C20H23ClN2O3. The standard InChI is InChI=1S/C20H23ClN2O3/c1-15-12-23(18-6-3-5-17(21)11-18)20(25)14-22(15)13-16-4-2-7-19(10-16)26-9-8-24/h2-7,10-11,15,24H,8-9,12-14H2,1H3/t15-/m0/s1. The molecule has 3 rings (SSSR count). The lowest BCUT2D eigenvalue weighted by atomic mass is 10.1. The molecule has 2 aromatic carbocycles. The number of carbonyl (C=O) groups is 1. The number of ether oxygens (including phenoxy) is 1. The maximum atomic E-state index is 12.6. The summed E-state index contributed by atoms with van der Waals surface area (Å²) in [5.41, 5.74) is 1.92. The third-order valence-electron chi connectivity index (χ3n) is 4.47. The molecule has 2 aromatic rings. The lowest BCUT2D eigenvalue weighted by Crippen LogP contribution is -2.54. The minimum Gasteiger partial charge on any atom is -0.491 e. The number of nitrogens with zero attached hydrogens (tertiary/aromatic N) is 2. The predicted octanol–water partition coefficient (Wildman–Crippen LogP) is 2.95. The van der Waals surface area contributed by atoms with Gasteiger partial charge in [0, 0.05) is 29.8 Å². The molecule has 0 saturated carbocycles. The summed E-state index contributed by atoms with van der Waals surface area (Å²) in [7, 11) is 0. The van der Waals surface area contributed by atoms with E-state index >= 15 is 0 Å². The fourth-order valence-electron chi connectivity index (χ4n) is 3.13. The molecule has 6 heteroatoms. The molecule has 0 unspecified atom stereocenters. The average Bonchev–Trinajstić information content (AvgIpc) is 2.63. The number of anilines is 1. The molecule has 5 nitrogen and oxygen atoms in total. The summed E-state index contributed by atoms with van der Waals surface area (Å²) in [6, 6.07) is 15.4. The van der Waals surface area contributed by atoms with Crippen LogP contribution in [0.3, 0.4) is 0 Å². The first-order valence-electron chi connectivity index (χ1n) is 8.69. The third-order valence-corrected chi connectivity index (χ3v) is 4.71. The van der Waals surface area contributed by atoms with Crippen LogP contribution < -0.4 is 9.64 Å². The van der Waals surface area contributed by atoms with Gasteiger partial charge in [-0.3, -0.25) is 9.69 Å². The van der Waals surface area contributed by atoms with E-state index in [1.54, 1.807) is 11.0 Å². The zero-order valence-corrected chi connectivity index (χ0v) is 15.5. The number of halogens is 1. The molecule has 0 spiro atoms. The van der Waals surface area contributed by atoms with Crippen molar-refractivity contribution in [3.8, 4) is 5.75 Å². The average molecular weight is 375 g/mol. The number of rotatable bonds is 6. The Kier molecular flexibility index (Phi) is 6.14. The summed E-state index contributed by atoms with van der Waals surface area (Å²) in [4.78, 5) is 16.6. The van der Waals surface area contributed by atoms with Crippen molar-refractivity contribution in [1.82, 2.24) is 4.90 Å². The lowest BCUT2D eigenvalue weighted by Gasteiger charge is -2.39. The topological polar surface area (TPSA) is 53.0 Å². The molecule has 26 heavy (non-hydrogen) atoms. The van der Waals surface area contributed by atoms with E-state index in [1.165, 1.54) is 0 Å². The van der Waals surface area contributed by atoms with E-state index in [9.17, 15) is 4.79 Å². The molecular weight excluding hydrogens is 352 g/mol. The van der Waals surface area contributed by atoms with Gasteiger partial charge in [0.15, 0.2) is 0 Å². The molecule has 1 saturated heterocycles. The monoisotopic (exact) mass is 374 g/mol. The minimum absolute atomic E-state index is 0.0127. The highest BCUT2D eigenvalue weighted by Crippen LogP contribution is 2.24. The summed E-state index contributed by atoms with van der Waals surface area (Å²) < 4.78 is 5.46. The highest BCUT2D eigenvalue weighted by molar-refractivity contribution is 6.30. The Balaban J connectivity index is 1.67. The van der Waals surface area contributed by atoms with E-state index in [0.717, 1.165) is 17.0 Å². The quantitative estimate of drug-likeness (QED) is 0.844. The Labute approximate surface area is 158 Å². The summed E-state index contributed by atoms with van der Waals surface area (Å²) in [6.07, 6.45) is 0. The molecule has 1 heterocycles. The Morgan fingerprint density at radius 3 is 2.81 bits per heavy atom. The van der Waals surface area contributed by atoms with Crippen molar-refractivity contribution in [2.45, 2.75) is 19.5 Å². The maximum Gasteiger partial charge on any atom is 0.241 e. The van der Waals surface area contributed by atoms with E-state index in [1.807, 2.05) is 42.5 Å². The first-order chi connectivity index (χ1) is 12.6. The maximum absolute atomic E-state index is 12.6. The number of benzene rings is 2. The number of amides is 1. The first-order valence-corrected chi connectivity index (χ1v) is 9.07. The van der Waals surface area contributed by atoms with Gasteiger partial charge in [0.2, 0.25) is 5.91 Å². The largest absolute Gasteiger partial charge is 0.491 e. The second-order valence-electron chi connectivity index (χ2n) is 6.46. The minimum atomic E-state index is -0.0127. The molecule has 0 aliphatic carbocycles. The first kappa shape index (κ1) is 18.7. The molecule has 0 aromatic heterocycles. The van der Waals surface area contributed by atoms with Crippen LogP contribution in [0, 0.1) is 0 Å². The van der Waals surface area contributed by atoms with Crippen LogP contribution in [0.15, 0.2) is 48.5 Å². The summed E-state index contributed by atoms with van der Waals surface area (Å²) >= 11 is 6.06. The molecule has 1 aliphatic heterocycles. The summed E-state index contributed by atoms with van der Waals surface area (Å²) in [5, 5.41) is 9.50. The summed E-state index contributed by atoms with van der Waals surface area (Å²) in [5.74, 6) is 0.797. The van der Waals surface area contributed by atoms with Crippen molar-refractivity contribution in [3.63, 3.8) is 0 Å². The van der Waals surface area contributed by atoms with Crippen molar-refractivity contribution in [2.24, 2.45) is 0 Å². The highest BCUT2D eigenvalue weighted by Gasteiger charge is 2.30. The van der Waals surface area contributed by atoms with E-state index < -0.39 is 0 Å². The Morgan fingerprint density at radius 2 is 2.04 bits per heavy atom. The van der Waals surface area contributed by atoms with Gasteiger partial charge in [-0.05, 0) is 42.8 Å². The van der Waals surface area contributed by atoms with E-state index in [0.29, 0.717) is 24.7 Å². The molecule has 1 amide bonds. The Morgan fingerprint density at radius 1 is 1.23 bits per heavy atom. The van der Waals surface area contributed by atoms with Crippen LogP contribution in [0.25, 0.3) is 0 Å². The van der Waals surface area contributed by atoms with Crippen molar-refractivity contribution >= 4 is 23.2 Å². The second kappa shape index (κ2) is 8.54. The van der Waals surface area contributed by atoms with Gasteiger partial charge in [-0.15, -0.1) is 0 Å². The van der Waals surface area contributed by atoms with Gasteiger partial charge >= 0.3 is 0 Å². The molecule has 1 fully saturated rings. The van der Waals surface area contributed by atoms with Crippen LogP contribution in [0.1, 0.15) is 12.5 Å². The Bertz CT molecular complexity index is 768. The second-order valence-corrected chi connectivity index (χ2v) is 6.89. The van der Waals surface area contributed by atoms with Crippen molar-refractivity contribution < 1.29 is 14.6 Å². The molecule has 1 atom stereocenters. The summed E-state index contributed by atoms with van der Waals surface area (Å²) in [6.45, 7) is 4.04. The zero-order valence-electron chi connectivity index (χ0n) is 14.8. The van der Waals surface area contributed by atoms with Gasteiger partial charge in [0.05, 0.1) is 13.2 Å². The number of carbonyl (C=O) groups excluding carboxylic acids is 1. The molecule has 1 N–H and O–H groups in total. The molecule has 0 bridgehead atoms. The van der Waals surface area contributed by atoms with Crippen molar-refractivity contribution in [1.29, 1.82) is 0 Å². The normalized spacial score (nSPS) is 18.2. The van der Waals surface area contributed by atoms with Gasteiger partial charge in [-0.2, -0.15) is 0 Å². The van der Waals surface area contributed by atoms with E-state index in [4.69, 9.17) is 21.4 Å². The van der Waals surface area contributed by atoms with Crippen LogP contribution in [0.5, 0.6) is 5.75 Å². The fourth-order valence-corrected chi connectivity index (χ4v) is 3.32. The number of hydrogen-bond donors (Lipinski definition) is 1. The van der Waals surface area contributed by atoms with Crippen molar-refractivity contribution in [3.05, 3.63) is 59.1 Å². The van der Waals surface area contributed by atoms with Crippen LogP contribution in [-0.2, 0) is 11.3 Å². The SMILES string of the molecule is C[C@H]1CN(c2cccc(Cl)c2)C(=O)CN1Cc1cccc(OCCO)c1. The number of aliphatic hydroxyl groups is 1. The molecule has 138 valence electrons. The lowest BCUT2D eigenvalue weighted by molar-refractivity contribution is -0.122. The molecule has 1 aliphatic rings. The smallest absolute Gasteiger partial charge is 0.241 e. The van der Waals surface area contributed by atoms with Gasteiger partial charge in [0.1, 0.15) is 12.4 Å². The molecule has 0 radical (unpaired) electrons. The number of aliphatic hydroxyl groups excluding tert-OH is 1. The third kappa shape index (κ3) is 4.55. The van der Waals surface area contributed by atoms with Crippen LogP contribution in [0.4, 0.5) is 5.69 Å². The van der Waals surface area contributed by atoms with Crippen LogP contribution >= 0.6 is 11.6 Å². The van der Waals surface area contributed by atoms with Crippen LogP contribution in [0.2, 0.25) is 5.02 Å². The van der Waals surface area contributed by atoms with Crippen molar-refractivity contribution in [2.75, 3.05) is 31.2 Å². The van der Waals surface area contributed by atoms with Crippen LogP contribution in [-0.4, -0.2) is 48.3 Å². The predicted molar refractivity (Wildman–Crippen MR) is 103 cm³/mol. The fraction of sp³-hybridized carbons (Fsp3) is 0.350. The number of hydrogen-bond acceptors (Lipinski definition) is 4.